The molecule has 8 heteroatoms. The molecular formula is C25H28ClF3N2O2. The van der Waals surface area contributed by atoms with Crippen LogP contribution < -0.4 is 4.74 Å². The standard InChI is InChI=1S/C25H28ClF3N2O2/c1-24(2)16-21(20-15-19(26)10-11-22(20)33-24)31(13-6-5-12-30(3)4)23(32)17-8-7-9-18(14-17)25(27,28)29/h7-11,14-16H,5-6,12-13H2,1-4H3. The monoisotopic (exact) mass is 480 g/mol. The molecule has 1 amide bonds. The van der Waals surface area contributed by atoms with Crippen LogP contribution in [0.5, 0.6) is 5.75 Å². The van der Waals surface area contributed by atoms with E-state index < -0.39 is 23.2 Å². The first-order valence-corrected chi connectivity index (χ1v) is 11.1. The molecule has 0 N–H and O–H groups in total. The third-order valence-electron chi connectivity index (χ3n) is 5.28. The fourth-order valence-electron chi connectivity index (χ4n) is 3.75. The summed E-state index contributed by atoms with van der Waals surface area (Å²) in [5.74, 6) is 0.0675. The van der Waals surface area contributed by atoms with Crippen LogP contribution >= 0.6 is 11.6 Å². The number of carbonyl (C=O) groups is 1. The molecule has 0 fully saturated rings. The molecule has 0 saturated heterocycles. The number of ether oxygens (including phenoxy) is 1. The minimum absolute atomic E-state index is 0.0220. The number of hydrogen-bond acceptors (Lipinski definition) is 3. The quantitative estimate of drug-likeness (QED) is 0.432. The van der Waals surface area contributed by atoms with Crippen molar-refractivity contribution < 1.29 is 22.7 Å². The van der Waals surface area contributed by atoms with Gasteiger partial charge in [0.05, 0.1) is 11.3 Å². The average Bonchev–Trinajstić information content (AvgIpc) is 2.72. The van der Waals surface area contributed by atoms with E-state index in [0.29, 0.717) is 35.0 Å². The van der Waals surface area contributed by atoms with Crippen LogP contribution in [0.1, 0.15) is 48.2 Å². The predicted molar refractivity (Wildman–Crippen MR) is 124 cm³/mol. The minimum atomic E-state index is -4.53. The van der Waals surface area contributed by atoms with E-state index in [0.717, 1.165) is 25.1 Å². The number of hydrogen-bond donors (Lipinski definition) is 0. The lowest BCUT2D eigenvalue weighted by Gasteiger charge is -2.36. The molecule has 0 bridgehead atoms. The van der Waals surface area contributed by atoms with Crippen molar-refractivity contribution in [2.75, 3.05) is 27.2 Å². The van der Waals surface area contributed by atoms with E-state index in [1.165, 1.54) is 12.1 Å². The summed E-state index contributed by atoms with van der Waals surface area (Å²) in [6, 6.07) is 9.69. The molecule has 1 aliphatic rings. The maximum atomic E-state index is 13.6. The zero-order chi connectivity index (χ0) is 24.4. The van der Waals surface area contributed by atoms with Gasteiger partial charge in [0.2, 0.25) is 0 Å². The number of rotatable bonds is 7. The molecule has 0 aliphatic carbocycles. The predicted octanol–water partition coefficient (Wildman–Crippen LogP) is 6.35. The molecule has 2 aromatic carbocycles. The van der Waals surface area contributed by atoms with E-state index in [9.17, 15) is 18.0 Å². The minimum Gasteiger partial charge on any atom is -0.483 e. The van der Waals surface area contributed by atoms with Gasteiger partial charge in [-0.1, -0.05) is 17.7 Å². The van der Waals surface area contributed by atoms with Gasteiger partial charge in [-0.2, -0.15) is 13.2 Å². The molecule has 178 valence electrons. The fourth-order valence-corrected chi connectivity index (χ4v) is 3.92. The maximum Gasteiger partial charge on any atom is 0.416 e. The molecule has 2 aromatic rings. The van der Waals surface area contributed by atoms with Crippen molar-refractivity contribution in [2.45, 2.75) is 38.5 Å². The first kappa shape index (κ1) is 25.1. The van der Waals surface area contributed by atoms with E-state index in [2.05, 4.69) is 0 Å². The average molecular weight is 481 g/mol. The van der Waals surface area contributed by atoms with Crippen molar-refractivity contribution in [3.05, 3.63) is 70.3 Å². The Morgan fingerprint density at radius 1 is 1.06 bits per heavy atom. The van der Waals surface area contributed by atoms with Crippen LogP contribution in [0.2, 0.25) is 5.02 Å². The van der Waals surface area contributed by atoms with Gasteiger partial charge in [-0.3, -0.25) is 4.79 Å². The number of fused-ring (bicyclic) bond motifs is 1. The van der Waals surface area contributed by atoms with E-state index in [1.807, 2.05) is 38.9 Å². The van der Waals surface area contributed by atoms with Crippen molar-refractivity contribution in [1.29, 1.82) is 0 Å². The van der Waals surface area contributed by atoms with Crippen LogP contribution in [-0.4, -0.2) is 48.5 Å². The highest BCUT2D eigenvalue weighted by Gasteiger charge is 2.34. The van der Waals surface area contributed by atoms with Gasteiger partial charge in [0.25, 0.3) is 5.91 Å². The molecule has 0 aromatic heterocycles. The molecule has 1 aliphatic heterocycles. The van der Waals surface area contributed by atoms with Gasteiger partial charge in [-0.25, -0.2) is 0 Å². The first-order valence-electron chi connectivity index (χ1n) is 10.7. The Hall–Kier alpha value is -2.51. The van der Waals surface area contributed by atoms with Crippen LogP contribution in [0.3, 0.4) is 0 Å². The van der Waals surface area contributed by atoms with Crippen molar-refractivity contribution in [2.24, 2.45) is 0 Å². The second kappa shape index (κ2) is 9.77. The van der Waals surface area contributed by atoms with Gasteiger partial charge >= 0.3 is 6.18 Å². The molecule has 4 nitrogen and oxygen atoms in total. The molecule has 0 saturated carbocycles. The molecule has 0 atom stereocenters. The Morgan fingerprint density at radius 2 is 1.76 bits per heavy atom. The van der Waals surface area contributed by atoms with Gasteiger partial charge in [0.15, 0.2) is 0 Å². The SMILES string of the molecule is CN(C)CCCCN(C(=O)c1cccc(C(F)(F)F)c1)C1=CC(C)(C)Oc2ccc(Cl)cc21. The lowest BCUT2D eigenvalue weighted by molar-refractivity contribution is -0.137. The lowest BCUT2D eigenvalue weighted by atomic mass is 9.97. The first-order chi connectivity index (χ1) is 15.4. The summed E-state index contributed by atoms with van der Waals surface area (Å²) in [6.07, 6.45) is -1.21. The van der Waals surface area contributed by atoms with Crippen LogP contribution in [-0.2, 0) is 6.18 Å². The zero-order valence-electron chi connectivity index (χ0n) is 19.2. The summed E-state index contributed by atoms with van der Waals surface area (Å²) < 4.78 is 45.9. The highest BCUT2D eigenvalue weighted by Crippen LogP contribution is 2.40. The Bertz CT molecular complexity index is 1050. The van der Waals surface area contributed by atoms with Gasteiger partial charge in [-0.15, -0.1) is 0 Å². The van der Waals surface area contributed by atoms with Gasteiger partial charge < -0.3 is 14.5 Å². The van der Waals surface area contributed by atoms with Gasteiger partial charge in [0.1, 0.15) is 11.4 Å². The Morgan fingerprint density at radius 3 is 2.42 bits per heavy atom. The molecular weight excluding hydrogens is 453 g/mol. The number of halogens is 4. The van der Waals surface area contributed by atoms with Gasteiger partial charge in [-0.05, 0) is 89.8 Å². The van der Waals surface area contributed by atoms with Crippen molar-refractivity contribution in [3.8, 4) is 5.75 Å². The second-order valence-electron chi connectivity index (χ2n) is 8.92. The highest BCUT2D eigenvalue weighted by atomic mass is 35.5. The molecule has 0 radical (unpaired) electrons. The number of nitrogens with zero attached hydrogens (tertiary/aromatic N) is 2. The second-order valence-corrected chi connectivity index (χ2v) is 9.36. The Balaban J connectivity index is 2.04. The number of amides is 1. The summed E-state index contributed by atoms with van der Waals surface area (Å²) >= 11 is 6.23. The van der Waals surface area contributed by atoms with E-state index in [-0.39, 0.29) is 5.56 Å². The van der Waals surface area contributed by atoms with E-state index in [4.69, 9.17) is 16.3 Å². The summed E-state index contributed by atoms with van der Waals surface area (Å²) in [5.41, 5.74) is -0.380. The summed E-state index contributed by atoms with van der Waals surface area (Å²) in [4.78, 5) is 17.2. The van der Waals surface area contributed by atoms with Crippen LogP contribution in [0, 0.1) is 0 Å². The maximum absolute atomic E-state index is 13.6. The summed E-state index contributed by atoms with van der Waals surface area (Å²) in [7, 11) is 3.93. The number of alkyl halides is 3. The topological polar surface area (TPSA) is 32.8 Å². The van der Waals surface area contributed by atoms with Crippen molar-refractivity contribution in [1.82, 2.24) is 9.80 Å². The van der Waals surface area contributed by atoms with Crippen LogP contribution in [0.4, 0.5) is 13.2 Å². The largest absolute Gasteiger partial charge is 0.483 e. The summed E-state index contributed by atoms with van der Waals surface area (Å²) in [6.45, 7) is 4.91. The number of benzene rings is 2. The smallest absolute Gasteiger partial charge is 0.416 e. The van der Waals surface area contributed by atoms with Crippen LogP contribution in [0.25, 0.3) is 5.70 Å². The van der Waals surface area contributed by atoms with Crippen molar-refractivity contribution >= 4 is 23.2 Å². The molecule has 3 rings (SSSR count). The Kier molecular flexibility index (Phi) is 7.44. The van der Waals surface area contributed by atoms with Gasteiger partial charge in [0, 0.05) is 22.7 Å². The number of carbonyl (C=O) groups excluding carboxylic acids is 1. The van der Waals surface area contributed by atoms with E-state index >= 15 is 0 Å². The highest BCUT2D eigenvalue weighted by molar-refractivity contribution is 6.30. The molecule has 1 heterocycles. The third-order valence-corrected chi connectivity index (χ3v) is 5.52. The normalized spacial score (nSPS) is 15.0. The Labute approximate surface area is 197 Å². The number of unbranched alkanes of at least 4 members (excludes halogenated alkanes) is 1. The zero-order valence-corrected chi connectivity index (χ0v) is 19.9. The molecule has 0 unspecified atom stereocenters. The lowest BCUT2D eigenvalue weighted by Crippen LogP contribution is -2.37. The van der Waals surface area contributed by atoms with Crippen LogP contribution in [0.15, 0.2) is 48.5 Å². The molecule has 0 spiro atoms. The summed E-state index contributed by atoms with van der Waals surface area (Å²) in [5, 5.41) is 0.474. The fraction of sp³-hybridized carbons (Fsp3) is 0.400. The molecule has 33 heavy (non-hydrogen) atoms. The third kappa shape index (κ3) is 6.30. The van der Waals surface area contributed by atoms with Crippen molar-refractivity contribution in [3.63, 3.8) is 0 Å². The van der Waals surface area contributed by atoms with E-state index in [1.54, 1.807) is 23.1 Å².